The third-order valence-corrected chi connectivity index (χ3v) is 3.55. The Kier molecular flexibility index (Phi) is 4.79. The highest BCUT2D eigenvalue weighted by atomic mass is 16.3. The second kappa shape index (κ2) is 6.57. The van der Waals surface area contributed by atoms with E-state index in [-0.39, 0.29) is 11.9 Å². The number of amides is 1. The normalized spacial score (nSPS) is 12.6. The Morgan fingerprint density at radius 2 is 2.00 bits per heavy atom. The molecule has 0 aliphatic rings. The summed E-state index contributed by atoms with van der Waals surface area (Å²) in [5, 5.41) is 4.31. The summed E-state index contributed by atoms with van der Waals surface area (Å²) in [4.78, 5) is 13.8. The van der Waals surface area contributed by atoms with Gasteiger partial charge in [-0.2, -0.15) is 0 Å². The molecule has 1 aromatic heterocycles. The summed E-state index contributed by atoms with van der Waals surface area (Å²) in [6, 6.07) is 9.96. The summed E-state index contributed by atoms with van der Waals surface area (Å²) < 4.78 is 5.79. The topological polar surface area (TPSA) is 45.5 Å². The predicted molar refractivity (Wildman–Crippen MR) is 80.6 cm³/mol. The molecule has 0 saturated carbocycles. The maximum Gasteiger partial charge on any atom is 0.236 e. The van der Waals surface area contributed by atoms with Crippen LogP contribution in [0.1, 0.15) is 32.6 Å². The van der Waals surface area contributed by atoms with Crippen molar-refractivity contribution in [2.75, 3.05) is 19.6 Å². The molecule has 0 radical (unpaired) electrons. The number of nitrogens with zero attached hydrogens (tertiary/aromatic N) is 1. The second-order valence-electron chi connectivity index (χ2n) is 4.86. The van der Waals surface area contributed by atoms with E-state index in [2.05, 4.69) is 5.32 Å². The molecule has 2 rings (SSSR count). The minimum absolute atomic E-state index is 0.0157. The van der Waals surface area contributed by atoms with E-state index in [1.807, 2.05) is 56.0 Å². The summed E-state index contributed by atoms with van der Waals surface area (Å²) in [7, 11) is 0. The molecular formula is C16H22N2O2. The van der Waals surface area contributed by atoms with Crippen LogP contribution >= 0.6 is 0 Å². The van der Waals surface area contributed by atoms with Gasteiger partial charge in [-0.05, 0) is 32.9 Å². The summed E-state index contributed by atoms with van der Waals surface area (Å²) in [6.07, 6.45) is 0. The molecule has 1 heterocycles. The Bertz CT molecular complexity index is 540. The van der Waals surface area contributed by atoms with Crippen molar-refractivity contribution in [3.8, 4) is 0 Å². The lowest BCUT2D eigenvalue weighted by molar-refractivity contribution is -0.130. The van der Waals surface area contributed by atoms with Crippen molar-refractivity contribution in [2.45, 2.75) is 26.8 Å². The maximum absolute atomic E-state index is 11.9. The molecule has 2 aromatic rings. The minimum atomic E-state index is 0.0157. The number of hydrogen-bond donors (Lipinski definition) is 1. The molecule has 0 aliphatic heterocycles. The van der Waals surface area contributed by atoms with Crippen LogP contribution in [-0.2, 0) is 4.79 Å². The predicted octanol–water partition coefficient (Wildman–Crippen LogP) is 2.95. The van der Waals surface area contributed by atoms with Crippen molar-refractivity contribution in [1.82, 2.24) is 10.2 Å². The maximum atomic E-state index is 11.9. The van der Waals surface area contributed by atoms with Crippen LogP contribution in [0.5, 0.6) is 0 Å². The lowest BCUT2D eigenvalue weighted by Gasteiger charge is -2.20. The van der Waals surface area contributed by atoms with Gasteiger partial charge in [-0.15, -0.1) is 0 Å². The van der Waals surface area contributed by atoms with E-state index in [4.69, 9.17) is 4.42 Å². The molecule has 108 valence electrons. The van der Waals surface area contributed by atoms with Crippen LogP contribution in [0.15, 0.2) is 34.7 Å². The first kappa shape index (κ1) is 14.6. The van der Waals surface area contributed by atoms with Crippen LogP contribution < -0.4 is 5.32 Å². The summed E-state index contributed by atoms with van der Waals surface area (Å²) >= 11 is 0. The van der Waals surface area contributed by atoms with E-state index in [1.54, 1.807) is 0 Å². The molecule has 1 amide bonds. The van der Waals surface area contributed by atoms with Gasteiger partial charge in [0.25, 0.3) is 0 Å². The number of carbonyl (C=O) groups excluding carboxylic acids is 1. The van der Waals surface area contributed by atoms with Crippen molar-refractivity contribution in [3.05, 3.63) is 36.1 Å². The molecule has 1 atom stereocenters. The van der Waals surface area contributed by atoms with Crippen LogP contribution in [0.25, 0.3) is 11.0 Å². The van der Waals surface area contributed by atoms with Gasteiger partial charge in [-0.25, -0.2) is 0 Å². The highest BCUT2D eigenvalue weighted by Crippen LogP contribution is 2.23. The largest absolute Gasteiger partial charge is 0.459 e. The average Bonchev–Trinajstić information content (AvgIpc) is 2.90. The fraction of sp³-hybridized carbons (Fsp3) is 0.438. The van der Waals surface area contributed by atoms with Gasteiger partial charge < -0.3 is 9.32 Å². The number of nitrogens with one attached hydrogen (secondary N) is 1. The Balaban J connectivity index is 1.98. The molecule has 0 saturated heterocycles. The number of rotatable bonds is 6. The van der Waals surface area contributed by atoms with Gasteiger partial charge in [0.15, 0.2) is 0 Å². The van der Waals surface area contributed by atoms with Gasteiger partial charge in [0, 0.05) is 18.5 Å². The number of likely N-dealkylation sites (N-methyl/N-ethyl adjacent to an activating group) is 1. The third-order valence-electron chi connectivity index (χ3n) is 3.55. The van der Waals surface area contributed by atoms with Gasteiger partial charge in [0.1, 0.15) is 11.3 Å². The first-order valence-corrected chi connectivity index (χ1v) is 7.15. The van der Waals surface area contributed by atoms with Crippen molar-refractivity contribution in [2.24, 2.45) is 0 Å². The molecule has 4 nitrogen and oxygen atoms in total. The first-order chi connectivity index (χ1) is 9.65. The van der Waals surface area contributed by atoms with E-state index in [9.17, 15) is 4.79 Å². The van der Waals surface area contributed by atoms with Gasteiger partial charge in [-0.1, -0.05) is 18.2 Å². The molecule has 0 bridgehead atoms. The van der Waals surface area contributed by atoms with Crippen molar-refractivity contribution >= 4 is 16.9 Å². The van der Waals surface area contributed by atoms with Crippen LogP contribution in [0, 0.1) is 0 Å². The van der Waals surface area contributed by atoms with Crippen LogP contribution in [0.4, 0.5) is 0 Å². The van der Waals surface area contributed by atoms with E-state index in [0.29, 0.717) is 6.54 Å². The van der Waals surface area contributed by atoms with Crippen molar-refractivity contribution in [1.29, 1.82) is 0 Å². The second-order valence-corrected chi connectivity index (χ2v) is 4.86. The zero-order chi connectivity index (χ0) is 14.5. The fourth-order valence-corrected chi connectivity index (χ4v) is 2.24. The van der Waals surface area contributed by atoms with Gasteiger partial charge >= 0.3 is 0 Å². The van der Waals surface area contributed by atoms with Gasteiger partial charge in [0.05, 0.1) is 12.6 Å². The zero-order valence-corrected chi connectivity index (χ0v) is 12.3. The van der Waals surface area contributed by atoms with E-state index in [1.165, 1.54) is 0 Å². The molecule has 1 unspecified atom stereocenters. The fourth-order valence-electron chi connectivity index (χ4n) is 2.24. The summed E-state index contributed by atoms with van der Waals surface area (Å²) in [5.74, 6) is 0.983. The van der Waals surface area contributed by atoms with E-state index < -0.39 is 0 Å². The molecule has 1 aromatic carbocycles. The average molecular weight is 274 g/mol. The van der Waals surface area contributed by atoms with E-state index in [0.717, 1.165) is 29.8 Å². The lowest BCUT2D eigenvalue weighted by atomic mass is 10.2. The van der Waals surface area contributed by atoms with Crippen LogP contribution in [-0.4, -0.2) is 30.4 Å². The Morgan fingerprint density at radius 3 is 2.65 bits per heavy atom. The van der Waals surface area contributed by atoms with E-state index >= 15 is 0 Å². The molecular weight excluding hydrogens is 252 g/mol. The molecule has 0 aliphatic carbocycles. The van der Waals surface area contributed by atoms with Crippen molar-refractivity contribution < 1.29 is 9.21 Å². The number of benzene rings is 1. The van der Waals surface area contributed by atoms with Gasteiger partial charge in [-0.3, -0.25) is 10.1 Å². The smallest absolute Gasteiger partial charge is 0.236 e. The zero-order valence-electron chi connectivity index (χ0n) is 12.3. The summed E-state index contributed by atoms with van der Waals surface area (Å²) in [6.45, 7) is 7.81. The van der Waals surface area contributed by atoms with Crippen LogP contribution in [0.3, 0.4) is 0 Å². The Hall–Kier alpha value is -1.81. The number of furan rings is 1. The van der Waals surface area contributed by atoms with Crippen LogP contribution in [0.2, 0.25) is 0 Å². The molecule has 1 N–H and O–H groups in total. The minimum Gasteiger partial charge on any atom is -0.459 e. The monoisotopic (exact) mass is 274 g/mol. The number of hydrogen-bond acceptors (Lipinski definition) is 3. The number of para-hydroxylation sites is 1. The molecule has 4 heteroatoms. The Labute approximate surface area is 119 Å². The molecule has 0 spiro atoms. The molecule has 0 fully saturated rings. The highest BCUT2D eigenvalue weighted by Gasteiger charge is 2.14. The lowest BCUT2D eigenvalue weighted by Crippen LogP contribution is -2.38. The van der Waals surface area contributed by atoms with Crippen molar-refractivity contribution in [3.63, 3.8) is 0 Å². The quantitative estimate of drug-likeness (QED) is 0.881. The SMILES string of the molecule is CCN(CC)C(=O)CNC(C)c1cc2ccccc2o1. The number of carbonyl (C=O) groups is 1. The number of fused-ring (bicyclic) bond motifs is 1. The first-order valence-electron chi connectivity index (χ1n) is 7.15. The third kappa shape index (κ3) is 3.20. The Morgan fingerprint density at radius 1 is 1.30 bits per heavy atom. The highest BCUT2D eigenvalue weighted by molar-refractivity contribution is 5.79. The van der Waals surface area contributed by atoms with Gasteiger partial charge in [0.2, 0.25) is 5.91 Å². The standard InChI is InChI=1S/C16H22N2O2/c1-4-18(5-2)16(19)11-17-12(3)15-10-13-8-6-7-9-14(13)20-15/h6-10,12,17H,4-5,11H2,1-3H3. The summed E-state index contributed by atoms with van der Waals surface area (Å²) in [5.41, 5.74) is 0.881. The molecule has 20 heavy (non-hydrogen) atoms.